The zero-order valence-electron chi connectivity index (χ0n) is 12.9. The number of hydrogen-bond donors (Lipinski definition) is 1. The van der Waals surface area contributed by atoms with Crippen molar-refractivity contribution in [3.8, 4) is 5.75 Å². The Bertz CT molecular complexity index is 785. The highest BCUT2D eigenvalue weighted by Crippen LogP contribution is 2.28. The fourth-order valence-electron chi connectivity index (χ4n) is 2.45. The first kappa shape index (κ1) is 16.1. The van der Waals surface area contributed by atoms with Crippen molar-refractivity contribution in [2.75, 3.05) is 12.4 Å². The average Bonchev–Trinajstić information content (AvgIpc) is 2.49. The Morgan fingerprint density at radius 1 is 1.00 bits per heavy atom. The highest BCUT2D eigenvalue weighted by molar-refractivity contribution is 5.94. The van der Waals surface area contributed by atoms with E-state index in [1.54, 1.807) is 7.11 Å². The van der Waals surface area contributed by atoms with E-state index in [0.717, 1.165) is 33.7 Å². The average molecular weight is 314 g/mol. The predicted octanol–water partition coefficient (Wildman–Crippen LogP) is 1.61. The molecule has 0 spiro atoms. The first-order valence-corrected chi connectivity index (χ1v) is 6.95. The van der Waals surface area contributed by atoms with E-state index in [1.807, 2.05) is 31.2 Å². The maximum atomic E-state index is 5.19. The lowest BCUT2D eigenvalue weighted by molar-refractivity contribution is -0.00000469. The summed E-state index contributed by atoms with van der Waals surface area (Å²) >= 11 is 0. The zero-order chi connectivity index (χ0) is 14.8. The summed E-state index contributed by atoms with van der Waals surface area (Å²) in [6.45, 7) is 4.11. The summed E-state index contributed by atoms with van der Waals surface area (Å²) < 4.78 is 5.19. The van der Waals surface area contributed by atoms with E-state index < -0.39 is 0 Å². The number of aromatic nitrogens is 1. The van der Waals surface area contributed by atoms with Gasteiger partial charge in [0.15, 0.2) is 0 Å². The minimum absolute atomic E-state index is 0. The van der Waals surface area contributed by atoms with E-state index in [1.165, 1.54) is 5.56 Å². The number of aryl methyl sites for hydroxylation is 2. The van der Waals surface area contributed by atoms with Gasteiger partial charge in [-0.3, -0.25) is 4.98 Å². The van der Waals surface area contributed by atoms with E-state index in [4.69, 9.17) is 4.74 Å². The predicted molar refractivity (Wildman–Crippen MR) is 87.5 cm³/mol. The molecule has 1 N–H and O–H groups in total. The monoisotopic (exact) mass is 313 g/mol. The SMILES string of the molecule is COc1ccc(Nc2cc(C)nc3c(C)cccc23)cc1.[Cl-]. The standard InChI is InChI=1S/C18H18N2O.ClH/c1-12-5-4-6-16-17(11-13(2)19-18(12)16)20-14-7-9-15(21-3)10-8-14;/h4-11H,1-3H3,(H,19,20);1H/p-1. The number of methoxy groups -OCH3 is 1. The van der Waals surface area contributed by atoms with E-state index >= 15 is 0 Å². The molecule has 22 heavy (non-hydrogen) atoms. The molecule has 0 aliphatic heterocycles. The topological polar surface area (TPSA) is 34.1 Å². The molecule has 3 aromatic rings. The van der Waals surface area contributed by atoms with Crippen LogP contribution in [0.25, 0.3) is 10.9 Å². The molecule has 0 bridgehead atoms. The summed E-state index contributed by atoms with van der Waals surface area (Å²) in [5.41, 5.74) is 5.35. The molecule has 1 aromatic heterocycles. The van der Waals surface area contributed by atoms with Gasteiger partial charge in [-0.05, 0) is 49.7 Å². The molecule has 0 aliphatic rings. The second-order valence-corrected chi connectivity index (χ2v) is 5.14. The number of nitrogens with one attached hydrogen (secondary N) is 1. The van der Waals surface area contributed by atoms with Crippen LogP contribution in [0.5, 0.6) is 5.75 Å². The van der Waals surface area contributed by atoms with Gasteiger partial charge in [-0.15, -0.1) is 0 Å². The number of hydrogen-bond acceptors (Lipinski definition) is 3. The van der Waals surface area contributed by atoms with Gasteiger partial charge >= 0.3 is 0 Å². The molecule has 114 valence electrons. The molecule has 3 nitrogen and oxygen atoms in total. The number of para-hydroxylation sites is 1. The lowest BCUT2D eigenvalue weighted by Crippen LogP contribution is -3.00. The van der Waals surface area contributed by atoms with Crippen molar-refractivity contribution in [3.05, 3.63) is 59.8 Å². The van der Waals surface area contributed by atoms with Gasteiger partial charge in [0.05, 0.1) is 12.6 Å². The van der Waals surface area contributed by atoms with Gasteiger partial charge in [0.25, 0.3) is 0 Å². The number of ether oxygens (including phenoxy) is 1. The zero-order valence-corrected chi connectivity index (χ0v) is 13.6. The van der Waals surface area contributed by atoms with E-state index in [2.05, 4.69) is 41.5 Å². The maximum absolute atomic E-state index is 5.19. The smallest absolute Gasteiger partial charge is 0.119 e. The second-order valence-electron chi connectivity index (χ2n) is 5.14. The molecule has 0 amide bonds. The largest absolute Gasteiger partial charge is 1.00 e. The first-order valence-electron chi connectivity index (χ1n) is 6.95. The summed E-state index contributed by atoms with van der Waals surface area (Å²) in [5, 5.41) is 4.61. The van der Waals surface area contributed by atoms with E-state index in [9.17, 15) is 0 Å². The Morgan fingerprint density at radius 3 is 2.41 bits per heavy atom. The van der Waals surface area contributed by atoms with Crippen molar-refractivity contribution < 1.29 is 17.1 Å². The highest BCUT2D eigenvalue weighted by atomic mass is 35.5. The Morgan fingerprint density at radius 2 is 1.73 bits per heavy atom. The van der Waals surface area contributed by atoms with Crippen molar-refractivity contribution in [1.29, 1.82) is 0 Å². The minimum atomic E-state index is 0. The molecular formula is C18H18ClN2O-. The fraction of sp³-hybridized carbons (Fsp3) is 0.167. The van der Waals surface area contributed by atoms with Crippen LogP contribution in [-0.2, 0) is 0 Å². The van der Waals surface area contributed by atoms with Crippen molar-refractivity contribution in [1.82, 2.24) is 4.98 Å². The summed E-state index contributed by atoms with van der Waals surface area (Å²) in [5.74, 6) is 0.854. The summed E-state index contributed by atoms with van der Waals surface area (Å²) in [7, 11) is 1.67. The third-order valence-corrected chi connectivity index (χ3v) is 3.54. The van der Waals surface area contributed by atoms with E-state index in [0.29, 0.717) is 0 Å². The van der Waals surface area contributed by atoms with Crippen LogP contribution in [0.15, 0.2) is 48.5 Å². The number of pyridine rings is 1. The molecule has 0 saturated heterocycles. The molecule has 1 heterocycles. The van der Waals surface area contributed by atoms with Crippen LogP contribution >= 0.6 is 0 Å². The van der Waals surface area contributed by atoms with Crippen LogP contribution in [0.2, 0.25) is 0 Å². The maximum Gasteiger partial charge on any atom is 0.119 e. The number of halogens is 1. The molecule has 0 unspecified atom stereocenters. The van der Waals surface area contributed by atoms with E-state index in [-0.39, 0.29) is 12.4 Å². The van der Waals surface area contributed by atoms with Crippen LogP contribution in [0, 0.1) is 13.8 Å². The molecule has 0 saturated carbocycles. The van der Waals surface area contributed by atoms with Gasteiger partial charge in [0.2, 0.25) is 0 Å². The molecular weight excluding hydrogens is 296 g/mol. The lowest BCUT2D eigenvalue weighted by Gasteiger charge is -2.12. The summed E-state index contributed by atoms with van der Waals surface area (Å²) in [6.07, 6.45) is 0. The van der Waals surface area contributed by atoms with Gasteiger partial charge in [0.1, 0.15) is 5.75 Å². The van der Waals surface area contributed by atoms with Gasteiger partial charge in [-0.2, -0.15) is 0 Å². The number of nitrogens with zero attached hydrogens (tertiary/aromatic N) is 1. The van der Waals surface area contributed by atoms with Crippen LogP contribution in [0.1, 0.15) is 11.3 Å². The molecule has 0 radical (unpaired) electrons. The fourth-order valence-corrected chi connectivity index (χ4v) is 2.45. The van der Waals surface area contributed by atoms with Crippen LogP contribution in [0.4, 0.5) is 11.4 Å². The van der Waals surface area contributed by atoms with Gasteiger partial charge in [-0.25, -0.2) is 0 Å². The number of rotatable bonds is 3. The van der Waals surface area contributed by atoms with Crippen molar-refractivity contribution >= 4 is 22.3 Å². The Labute approximate surface area is 136 Å². The highest BCUT2D eigenvalue weighted by Gasteiger charge is 2.06. The van der Waals surface area contributed by atoms with Gasteiger partial charge < -0.3 is 22.5 Å². The lowest BCUT2D eigenvalue weighted by atomic mass is 10.1. The normalized spacial score (nSPS) is 10.1. The first-order chi connectivity index (χ1) is 10.2. The summed E-state index contributed by atoms with van der Waals surface area (Å²) in [4.78, 5) is 4.64. The summed E-state index contributed by atoms with van der Waals surface area (Å²) in [6, 6.07) is 16.2. The number of anilines is 2. The molecule has 0 fully saturated rings. The van der Waals surface area contributed by atoms with Crippen molar-refractivity contribution in [2.24, 2.45) is 0 Å². The van der Waals surface area contributed by atoms with Crippen LogP contribution in [0.3, 0.4) is 0 Å². The third-order valence-electron chi connectivity index (χ3n) is 3.54. The Kier molecular flexibility index (Phi) is 4.88. The van der Waals surface area contributed by atoms with Crippen molar-refractivity contribution in [3.63, 3.8) is 0 Å². The number of benzene rings is 2. The molecule has 0 aliphatic carbocycles. The van der Waals surface area contributed by atoms with Gasteiger partial charge in [-0.1, -0.05) is 18.2 Å². The molecule has 3 rings (SSSR count). The minimum Gasteiger partial charge on any atom is -1.00 e. The Balaban J connectivity index is 0.00000176. The molecule has 4 heteroatoms. The third kappa shape index (κ3) is 3.15. The Hall–Kier alpha value is -2.26. The van der Waals surface area contributed by atoms with Crippen molar-refractivity contribution in [2.45, 2.75) is 13.8 Å². The second kappa shape index (κ2) is 6.67. The molecule has 0 atom stereocenters. The quantitative estimate of drug-likeness (QED) is 0.798. The van der Waals surface area contributed by atoms with Crippen LogP contribution in [-0.4, -0.2) is 12.1 Å². The van der Waals surface area contributed by atoms with Crippen LogP contribution < -0.4 is 22.5 Å². The van der Waals surface area contributed by atoms with Gasteiger partial charge in [0, 0.05) is 22.5 Å². The number of fused-ring (bicyclic) bond motifs is 1. The molecule has 2 aromatic carbocycles.